The van der Waals surface area contributed by atoms with Crippen LogP contribution in [0.25, 0.3) is 11.4 Å². The van der Waals surface area contributed by atoms with Crippen molar-refractivity contribution in [1.29, 1.82) is 0 Å². The van der Waals surface area contributed by atoms with Crippen LogP contribution in [0.2, 0.25) is 0 Å². The highest BCUT2D eigenvalue weighted by Gasteiger charge is 2.18. The molecule has 0 aliphatic heterocycles. The van der Waals surface area contributed by atoms with E-state index < -0.39 is 18.0 Å². The van der Waals surface area contributed by atoms with E-state index in [1.54, 1.807) is 13.0 Å². The Kier molecular flexibility index (Phi) is 11.8. The van der Waals surface area contributed by atoms with E-state index >= 15 is 0 Å². The van der Waals surface area contributed by atoms with Gasteiger partial charge in [-0.15, -0.1) is 0 Å². The molecule has 0 saturated heterocycles. The summed E-state index contributed by atoms with van der Waals surface area (Å²) in [5.41, 5.74) is 0.439. The first kappa shape index (κ1) is 26.7. The zero-order chi connectivity index (χ0) is 24.1. The van der Waals surface area contributed by atoms with E-state index in [1.807, 2.05) is 0 Å². The Morgan fingerprint density at radius 1 is 1.00 bits per heavy atom. The molecule has 33 heavy (non-hydrogen) atoms. The van der Waals surface area contributed by atoms with Gasteiger partial charge in [-0.3, -0.25) is 4.79 Å². The number of carbonyl (C=O) groups excluding carboxylic acids is 1. The van der Waals surface area contributed by atoms with Gasteiger partial charge in [0.2, 0.25) is 0 Å². The molecule has 0 bridgehead atoms. The van der Waals surface area contributed by atoms with Crippen molar-refractivity contribution < 1.29 is 23.0 Å². The predicted molar refractivity (Wildman–Crippen MR) is 126 cm³/mol. The van der Waals surface area contributed by atoms with Crippen molar-refractivity contribution in [3.63, 3.8) is 0 Å². The molecule has 0 spiro atoms. The standard InChI is InChI=1S/C26H36F2N2O3/c1-4-6-8-10-12-21(27)18-32-22-16-29-25(30-17-22)20-13-14-24(23(28)15-20)33-26(31)19(3)11-9-7-5-2/h13-17,19,21H,4-12,18H2,1-3H3. The number of nitrogens with zero attached hydrogens (tertiary/aromatic N) is 2. The van der Waals surface area contributed by atoms with Gasteiger partial charge >= 0.3 is 5.97 Å². The van der Waals surface area contributed by atoms with E-state index in [2.05, 4.69) is 23.8 Å². The lowest BCUT2D eigenvalue weighted by atomic mass is 10.0. The van der Waals surface area contributed by atoms with Crippen LogP contribution in [0.1, 0.15) is 78.6 Å². The van der Waals surface area contributed by atoms with Crippen LogP contribution < -0.4 is 9.47 Å². The minimum Gasteiger partial charge on any atom is -0.487 e. The molecule has 1 aromatic carbocycles. The summed E-state index contributed by atoms with van der Waals surface area (Å²) >= 11 is 0. The van der Waals surface area contributed by atoms with Gasteiger partial charge in [-0.25, -0.2) is 18.7 Å². The van der Waals surface area contributed by atoms with Gasteiger partial charge in [-0.05, 0) is 31.0 Å². The van der Waals surface area contributed by atoms with Gasteiger partial charge in [0.15, 0.2) is 23.1 Å². The van der Waals surface area contributed by atoms with Crippen molar-refractivity contribution in [3.8, 4) is 22.9 Å². The number of aromatic nitrogens is 2. The van der Waals surface area contributed by atoms with Crippen LogP contribution >= 0.6 is 0 Å². The fourth-order valence-corrected chi connectivity index (χ4v) is 3.35. The number of hydrogen-bond donors (Lipinski definition) is 0. The first-order valence-electron chi connectivity index (χ1n) is 12.0. The van der Waals surface area contributed by atoms with E-state index in [1.165, 1.54) is 24.5 Å². The molecular weight excluding hydrogens is 426 g/mol. The number of alkyl halides is 1. The first-order chi connectivity index (χ1) is 15.9. The summed E-state index contributed by atoms with van der Waals surface area (Å²) in [7, 11) is 0. The smallest absolute Gasteiger partial charge is 0.314 e. The van der Waals surface area contributed by atoms with Gasteiger partial charge in [-0.1, -0.05) is 65.7 Å². The number of unbranched alkanes of at least 4 members (excludes halogenated alkanes) is 5. The average molecular weight is 463 g/mol. The zero-order valence-electron chi connectivity index (χ0n) is 20.0. The normalized spacial score (nSPS) is 12.9. The Bertz CT molecular complexity index is 846. The van der Waals surface area contributed by atoms with E-state index in [9.17, 15) is 13.6 Å². The van der Waals surface area contributed by atoms with Gasteiger partial charge in [0.25, 0.3) is 0 Å². The van der Waals surface area contributed by atoms with Crippen molar-refractivity contribution in [1.82, 2.24) is 9.97 Å². The molecule has 0 radical (unpaired) electrons. The molecule has 0 amide bonds. The number of hydrogen-bond acceptors (Lipinski definition) is 5. The van der Waals surface area contributed by atoms with Crippen molar-refractivity contribution >= 4 is 5.97 Å². The molecule has 1 aromatic heterocycles. The molecule has 0 saturated carbocycles. The minimum absolute atomic E-state index is 0.0413. The fourth-order valence-electron chi connectivity index (χ4n) is 3.35. The monoisotopic (exact) mass is 462 g/mol. The quantitative estimate of drug-likeness (QED) is 0.161. The summed E-state index contributed by atoms with van der Waals surface area (Å²) in [5, 5.41) is 0. The van der Waals surface area contributed by atoms with Gasteiger partial charge in [0.1, 0.15) is 12.8 Å². The van der Waals surface area contributed by atoms with Crippen LogP contribution in [0, 0.1) is 11.7 Å². The van der Waals surface area contributed by atoms with Crippen LogP contribution in [-0.4, -0.2) is 28.7 Å². The van der Waals surface area contributed by atoms with E-state index in [0.717, 1.165) is 51.4 Å². The molecule has 182 valence electrons. The van der Waals surface area contributed by atoms with Crippen molar-refractivity contribution in [3.05, 3.63) is 36.4 Å². The number of carbonyl (C=O) groups is 1. The number of ether oxygens (including phenoxy) is 2. The van der Waals surface area contributed by atoms with Crippen molar-refractivity contribution in [2.24, 2.45) is 5.92 Å². The molecular formula is C26H36F2N2O3. The highest BCUT2D eigenvalue weighted by atomic mass is 19.1. The Morgan fingerprint density at radius 2 is 1.67 bits per heavy atom. The maximum absolute atomic E-state index is 14.5. The Balaban J connectivity index is 1.88. The molecule has 2 aromatic rings. The summed E-state index contributed by atoms with van der Waals surface area (Å²) in [6.07, 6.45) is 10.2. The third kappa shape index (κ3) is 9.44. The van der Waals surface area contributed by atoms with Crippen molar-refractivity contribution in [2.45, 2.75) is 84.7 Å². The zero-order valence-corrected chi connectivity index (χ0v) is 20.0. The largest absolute Gasteiger partial charge is 0.487 e. The maximum Gasteiger partial charge on any atom is 0.314 e. The first-order valence-corrected chi connectivity index (χ1v) is 12.0. The van der Waals surface area contributed by atoms with E-state index in [0.29, 0.717) is 23.6 Å². The third-order valence-corrected chi connectivity index (χ3v) is 5.47. The molecule has 0 aliphatic rings. The predicted octanol–water partition coefficient (Wildman–Crippen LogP) is 7.09. The minimum atomic E-state index is -1.03. The van der Waals surface area contributed by atoms with Gasteiger partial charge in [0, 0.05) is 5.56 Å². The highest BCUT2D eigenvalue weighted by Crippen LogP contribution is 2.25. The number of benzene rings is 1. The SMILES string of the molecule is CCCCCCC(F)COc1cnc(-c2ccc(OC(=O)C(C)CCCCC)c(F)c2)nc1. The van der Waals surface area contributed by atoms with Crippen LogP contribution in [0.4, 0.5) is 8.78 Å². The van der Waals surface area contributed by atoms with Gasteiger partial charge < -0.3 is 9.47 Å². The molecule has 7 heteroatoms. The van der Waals surface area contributed by atoms with Gasteiger partial charge in [0.05, 0.1) is 18.3 Å². The summed E-state index contributed by atoms with van der Waals surface area (Å²) in [6.45, 7) is 5.97. The Morgan fingerprint density at radius 3 is 2.33 bits per heavy atom. The molecule has 1 heterocycles. The second kappa shape index (κ2) is 14.6. The molecule has 0 fully saturated rings. The summed E-state index contributed by atoms with van der Waals surface area (Å²) < 4.78 is 39.1. The molecule has 0 aliphatic carbocycles. The summed E-state index contributed by atoms with van der Waals surface area (Å²) in [4.78, 5) is 20.6. The van der Waals surface area contributed by atoms with Crippen LogP contribution in [-0.2, 0) is 4.79 Å². The molecule has 2 rings (SSSR count). The molecule has 0 N–H and O–H groups in total. The average Bonchev–Trinajstić information content (AvgIpc) is 2.82. The van der Waals surface area contributed by atoms with E-state index in [-0.39, 0.29) is 18.3 Å². The summed E-state index contributed by atoms with van der Waals surface area (Å²) in [6, 6.07) is 4.23. The van der Waals surface area contributed by atoms with Crippen LogP contribution in [0.3, 0.4) is 0 Å². The van der Waals surface area contributed by atoms with Crippen LogP contribution in [0.5, 0.6) is 11.5 Å². The number of esters is 1. The van der Waals surface area contributed by atoms with E-state index in [4.69, 9.17) is 9.47 Å². The number of rotatable bonds is 15. The summed E-state index contributed by atoms with van der Waals surface area (Å²) in [5.74, 6) is -0.840. The second-order valence-corrected chi connectivity index (χ2v) is 8.46. The van der Waals surface area contributed by atoms with Gasteiger partial charge in [-0.2, -0.15) is 0 Å². The Labute approximate surface area is 195 Å². The highest BCUT2D eigenvalue weighted by molar-refractivity contribution is 5.75. The molecule has 2 unspecified atom stereocenters. The maximum atomic E-state index is 14.5. The van der Waals surface area contributed by atoms with Crippen molar-refractivity contribution in [2.75, 3.05) is 6.61 Å². The lowest BCUT2D eigenvalue weighted by molar-refractivity contribution is -0.138. The topological polar surface area (TPSA) is 61.3 Å². The van der Waals surface area contributed by atoms with Crippen LogP contribution in [0.15, 0.2) is 30.6 Å². The second-order valence-electron chi connectivity index (χ2n) is 8.46. The molecule has 5 nitrogen and oxygen atoms in total. The lowest BCUT2D eigenvalue weighted by Gasteiger charge is -2.12. The lowest BCUT2D eigenvalue weighted by Crippen LogP contribution is -2.18. The number of halogens is 2. The molecule has 2 atom stereocenters. The Hall–Kier alpha value is -2.57. The third-order valence-electron chi connectivity index (χ3n) is 5.47. The fraction of sp³-hybridized carbons (Fsp3) is 0.577.